The third-order valence-corrected chi connectivity index (χ3v) is 3.28. The van der Waals surface area contributed by atoms with Crippen LogP contribution >= 0.6 is 11.3 Å². The highest BCUT2D eigenvalue weighted by atomic mass is 32.1. The average Bonchev–Trinajstić information content (AvgIpc) is 2.81. The number of thiophene rings is 1. The summed E-state index contributed by atoms with van der Waals surface area (Å²) in [5, 5.41) is 13.9. The van der Waals surface area contributed by atoms with Gasteiger partial charge in [0.25, 0.3) is 0 Å². The van der Waals surface area contributed by atoms with Gasteiger partial charge in [0, 0.05) is 20.3 Å². The molecule has 0 bridgehead atoms. The molecule has 0 amide bonds. The third-order valence-electron chi connectivity index (χ3n) is 2.33. The largest absolute Gasteiger partial charge is 0.477 e. The van der Waals surface area contributed by atoms with Crippen LogP contribution in [0.15, 0.2) is 11.4 Å². The Morgan fingerprint density at radius 2 is 2.28 bits per heavy atom. The van der Waals surface area contributed by atoms with Crippen molar-refractivity contribution < 1.29 is 19.4 Å². The van der Waals surface area contributed by atoms with Crippen LogP contribution in [0, 0.1) is 0 Å². The highest BCUT2D eigenvalue weighted by Crippen LogP contribution is 2.16. The minimum Gasteiger partial charge on any atom is -0.477 e. The van der Waals surface area contributed by atoms with Crippen LogP contribution in [-0.4, -0.2) is 44.6 Å². The molecule has 1 heterocycles. The smallest absolute Gasteiger partial charge is 0.346 e. The number of nitrogens with one attached hydrogen (secondary N) is 1. The minimum atomic E-state index is -0.857. The van der Waals surface area contributed by atoms with Crippen LogP contribution in [-0.2, 0) is 16.0 Å². The summed E-state index contributed by atoms with van der Waals surface area (Å²) in [5.74, 6) is -0.857. The van der Waals surface area contributed by atoms with Gasteiger partial charge < -0.3 is 19.9 Å². The molecule has 1 rings (SSSR count). The molecule has 0 saturated carbocycles. The van der Waals surface area contributed by atoms with Crippen LogP contribution < -0.4 is 5.32 Å². The molecule has 0 unspecified atom stereocenters. The normalized spacial score (nSPS) is 10.7. The fourth-order valence-corrected chi connectivity index (χ4v) is 2.19. The Morgan fingerprint density at radius 3 is 3.00 bits per heavy atom. The lowest BCUT2D eigenvalue weighted by molar-refractivity contribution is 0.0692. The van der Waals surface area contributed by atoms with E-state index in [-0.39, 0.29) is 0 Å². The Balaban J connectivity index is 2.07. The van der Waals surface area contributed by atoms with Crippen LogP contribution in [0.3, 0.4) is 0 Å². The van der Waals surface area contributed by atoms with Crippen LogP contribution in [0.2, 0.25) is 0 Å². The van der Waals surface area contributed by atoms with Crippen molar-refractivity contribution in [2.75, 3.05) is 33.5 Å². The van der Waals surface area contributed by atoms with E-state index in [0.29, 0.717) is 31.2 Å². The molecule has 0 fully saturated rings. The Bertz CT molecular complexity index is 354. The Hall–Kier alpha value is -0.950. The summed E-state index contributed by atoms with van der Waals surface area (Å²) in [5.41, 5.74) is 0.841. The number of carbonyl (C=O) groups is 1. The summed E-state index contributed by atoms with van der Waals surface area (Å²) >= 11 is 1.26. The van der Waals surface area contributed by atoms with Crippen molar-refractivity contribution >= 4 is 17.3 Å². The zero-order valence-corrected chi connectivity index (χ0v) is 11.3. The van der Waals surface area contributed by atoms with Crippen LogP contribution in [0.5, 0.6) is 0 Å². The van der Waals surface area contributed by atoms with Gasteiger partial charge in [0.15, 0.2) is 0 Å². The molecule has 18 heavy (non-hydrogen) atoms. The summed E-state index contributed by atoms with van der Waals surface area (Å²) < 4.78 is 10.2. The van der Waals surface area contributed by atoms with Gasteiger partial charge in [-0.1, -0.05) is 0 Å². The van der Waals surface area contributed by atoms with Crippen molar-refractivity contribution in [3.63, 3.8) is 0 Å². The first-order valence-corrected chi connectivity index (χ1v) is 6.70. The van der Waals surface area contributed by atoms with Gasteiger partial charge in [-0.05, 0) is 30.0 Å². The zero-order valence-electron chi connectivity index (χ0n) is 10.5. The molecule has 102 valence electrons. The quantitative estimate of drug-likeness (QED) is 0.634. The van der Waals surface area contributed by atoms with Crippen molar-refractivity contribution in [1.29, 1.82) is 0 Å². The van der Waals surface area contributed by atoms with Gasteiger partial charge in [0.1, 0.15) is 4.88 Å². The lowest BCUT2D eigenvalue weighted by Crippen LogP contribution is -2.17. The van der Waals surface area contributed by atoms with E-state index in [0.717, 1.165) is 18.5 Å². The second kappa shape index (κ2) is 9.04. The molecule has 1 aromatic rings. The molecule has 2 N–H and O–H groups in total. The summed E-state index contributed by atoms with van der Waals surface area (Å²) in [7, 11) is 1.64. The Labute approximate surface area is 111 Å². The summed E-state index contributed by atoms with van der Waals surface area (Å²) in [6, 6.07) is 1.84. The maximum absolute atomic E-state index is 10.9. The van der Waals surface area contributed by atoms with E-state index in [1.807, 2.05) is 6.07 Å². The van der Waals surface area contributed by atoms with Crippen molar-refractivity contribution in [2.24, 2.45) is 0 Å². The second-order valence-electron chi connectivity index (χ2n) is 3.72. The molecule has 0 aromatic carbocycles. The van der Waals surface area contributed by atoms with Crippen molar-refractivity contribution in [1.82, 2.24) is 5.32 Å². The number of rotatable bonds is 10. The highest BCUT2D eigenvalue weighted by molar-refractivity contribution is 7.12. The molecule has 0 spiro atoms. The summed E-state index contributed by atoms with van der Waals surface area (Å²) in [4.78, 5) is 11.3. The molecule has 1 aromatic heterocycles. The molecule has 0 aliphatic heterocycles. The lowest BCUT2D eigenvalue weighted by atomic mass is 10.2. The first-order chi connectivity index (χ1) is 8.75. The molecule has 0 aliphatic rings. The third kappa shape index (κ3) is 5.59. The van der Waals surface area contributed by atoms with Gasteiger partial charge in [-0.25, -0.2) is 4.79 Å². The lowest BCUT2D eigenvalue weighted by Gasteiger charge is -2.05. The minimum absolute atomic E-state index is 0.416. The molecule has 6 heteroatoms. The number of aromatic carboxylic acids is 1. The van der Waals surface area contributed by atoms with Gasteiger partial charge >= 0.3 is 5.97 Å². The average molecular weight is 273 g/mol. The van der Waals surface area contributed by atoms with Gasteiger partial charge in [-0.3, -0.25) is 0 Å². The van der Waals surface area contributed by atoms with Gasteiger partial charge in [0.05, 0.1) is 13.2 Å². The van der Waals surface area contributed by atoms with Crippen molar-refractivity contribution in [3.05, 3.63) is 21.9 Å². The zero-order chi connectivity index (χ0) is 13.2. The van der Waals surface area contributed by atoms with Gasteiger partial charge in [-0.15, -0.1) is 11.3 Å². The predicted molar refractivity (Wildman–Crippen MR) is 70.3 cm³/mol. The monoisotopic (exact) mass is 273 g/mol. The fourth-order valence-electron chi connectivity index (χ4n) is 1.43. The topological polar surface area (TPSA) is 67.8 Å². The number of methoxy groups -OCH3 is 1. The number of carboxylic acid groups (broad SMARTS) is 1. The fraction of sp³-hybridized carbons (Fsp3) is 0.583. The molecule has 0 aliphatic carbocycles. The summed E-state index contributed by atoms with van der Waals surface area (Å²) in [6.45, 7) is 3.31. The second-order valence-corrected chi connectivity index (χ2v) is 4.63. The standard InChI is InChI=1S/C12H19NO4S/c1-16-6-7-17-5-2-4-13-9-10-3-8-18-11(10)12(14)15/h3,8,13H,2,4-7,9H2,1H3,(H,14,15). The number of hydrogen-bond acceptors (Lipinski definition) is 5. The number of hydrogen-bond donors (Lipinski definition) is 2. The van der Waals surface area contributed by atoms with E-state index in [1.165, 1.54) is 11.3 Å². The Morgan fingerprint density at radius 1 is 1.44 bits per heavy atom. The van der Waals surface area contributed by atoms with E-state index in [9.17, 15) is 4.79 Å². The van der Waals surface area contributed by atoms with E-state index in [4.69, 9.17) is 14.6 Å². The Kier molecular flexibility index (Phi) is 7.59. The molecular formula is C12H19NO4S. The summed E-state index contributed by atoms with van der Waals surface area (Å²) in [6.07, 6.45) is 0.899. The van der Waals surface area contributed by atoms with E-state index in [2.05, 4.69) is 5.32 Å². The highest BCUT2D eigenvalue weighted by Gasteiger charge is 2.10. The van der Waals surface area contributed by atoms with E-state index >= 15 is 0 Å². The first kappa shape index (κ1) is 15.1. The number of ether oxygens (including phenoxy) is 2. The maximum Gasteiger partial charge on any atom is 0.346 e. The number of carboxylic acids is 1. The van der Waals surface area contributed by atoms with E-state index < -0.39 is 5.97 Å². The van der Waals surface area contributed by atoms with Crippen LogP contribution in [0.25, 0.3) is 0 Å². The molecule has 0 atom stereocenters. The van der Waals surface area contributed by atoms with Crippen molar-refractivity contribution in [3.8, 4) is 0 Å². The predicted octanol–water partition coefficient (Wildman–Crippen LogP) is 1.59. The van der Waals surface area contributed by atoms with Gasteiger partial charge in [-0.2, -0.15) is 0 Å². The van der Waals surface area contributed by atoms with Gasteiger partial charge in [0.2, 0.25) is 0 Å². The molecular weight excluding hydrogens is 254 g/mol. The van der Waals surface area contributed by atoms with Crippen LogP contribution in [0.4, 0.5) is 0 Å². The maximum atomic E-state index is 10.9. The SMILES string of the molecule is COCCOCCCNCc1ccsc1C(=O)O. The van der Waals surface area contributed by atoms with Crippen LogP contribution in [0.1, 0.15) is 21.7 Å². The molecule has 0 radical (unpaired) electrons. The molecule has 5 nitrogen and oxygen atoms in total. The first-order valence-electron chi connectivity index (χ1n) is 5.82. The van der Waals surface area contributed by atoms with E-state index in [1.54, 1.807) is 12.5 Å². The van der Waals surface area contributed by atoms with Crippen molar-refractivity contribution in [2.45, 2.75) is 13.0 Å². The molecule has 0 saturated heterocycles.